The first-order valence-corrected chi connectivity index (χ1v) is 4.48. The molecule has 0 saturated heterocycles. The van der Waals surface area contributed by atoms with Crippen molar-refractivity contribution in [3.8, 4) is 5.69 Å². The second-order valence-electron chi connectivity index (χ2n) is 3.21. The molecule has 2 N–H and O–H groups in total. The Balaban J connectivity index is 0.00000162. The van der Waals surface area contributed by atoms with Gasteiger partial charge in [0.1, 0.15) is 0 Å². The third-order valence-corrected chi connectivity index (χ3v) is 2.09. The maximum atomic E-state index is 13.3. The number of nitrogen functional groups attached to an aromatic ring is 1. The van der Waals surface area contributed by atoms with Crippen LogP contribution in [0.4, 0.5) is 23.2 Å². The summed E-state index contributed by atoms with van der Waals surface area (Å²) in [5.74, 6) is -6.55. The van der Waals surface area contributed by atoms with Crippen LogP contribution in [0.3, 0.4) is 0 Å². The molecule has 0 amide bonds. The monoisotopic (exact) mass is 263 g/mol. The Labute approximate surface area is 97.9 Å². The van der Waals surface area contributed by atoms with E-state index in [2.05, 4.69) is 4.98 Å². The standard InChI is InChI=1S/C10H5F4N3.FH/c11-6-8(7(12)10(14)16-9(6)13)17-3-1-5(15)2-4-17;/h1-4,15H;1H. The molecular formula is C10H6F5N3. The zero-order valence-corrected chi connectivity index (χ0v) is 8.67. The average molecular weight is 263 g/mol. The van der Waals surface area contributed by atoms with E-state index >= 15 is 0 Å². The lowest BCUT2D eigenvalue weighted by atomic mass is 10.3. The molecule has 0 aliphatic heterocycles. The fourth-order valence-corrected chi connectivity index (χ4v) is 1.29. The molecule has 18 heavy (non-hydrogen) atoms. The number of anilines is 1. The minimum atomic E-state index is -1.71. The summed E-state index contributed by atoms with van der Waals surface area (Å²) >= 11 is 0. The summed E-state index contributed by atoms with van der Waals surface area (Å²) in [4.78, 5) is 2.46. The zero-order valence-electron chi connectivity index (χ0n) is 8.67. The van der Waals surface area contributed by atoms with Gasteiger partial charge < -0.3 is 10.4 Å². The summed E-state index contributed by atoms with van der Waals surface area (Å²) in [6, 6.07) is 2.66. The van der Waals surface area contributed by atoms with E-state index in [1.54, 1.807) is 0 Å². The van der Waals surface area contributed by atoms with Crippen molar-refractivity contribution in [3.63, 3.8) is 0 Å². The molecule has 2 rings (SSSR count). The second-order valence-corrected chi connectivity index (χ2v) is 3.21. The molecule has 2 aromatic rings. The molecule has 2 aromatic heterocycles. The Hall–Kier alpha value is -2.25. The zero-order chi connectivity index (χ0) is 12.6. The molecule has 0 spiro atoms. The Bertz CT molecular complexity index is 544. The van der Waals surface area contributed by atoms with Gasteiger partial charge in [-0.05, 0) is 0 Å². The van der Waals surface area contributed by atoms with Crippen molar-refractivity contribution in [3.05, 3.63) is 48.1 Å². The van der Waals surface area contributed by atoms with E-state index in [-0.39, 0.29) is 4.70 Å². The maximum Gasteiger partial charge on any atom is 0.292 e. The van der Waals surface area contributed by atoms with Crippen molar-refractivity contribution < 1.29 is 26.8 Å². The van der Waals surface area contributed by atoms with E-state index < -0.39 is 29.2 Å². The second kappa shape index (κ2) is 4.94. The molecule has 0 atom stereocenters. The van der Waals surface area contributed by atoms with Crippen molar-refractivity contribution in [1.82, 2.24) is 4.98 Å². The Morgan fingerprint density at radius 2 is 1.39 bits per heavy atom. The van der Waals surface area contributed by atoms with E-state index in [4.69, 9.17) is 5.73 Å². The van der Waals surface area contributed by atoms with E-state index in [1.165, 1.54) is 24.5 Å². The third kappa shape index (κ3) is 2.22. The molecule has 96 valence electrons. The maximum absolute atomic E-state index is 13.3. The number of pyridine rings is 2. The van der Waals surface area contributed by atoms with Gasteiger partial charge >= 0.3 is 0 Å². The lowest BCUT2D eigenvalue weighted by molar-refractivity contribution is -0.600. The fraction of sp³-hybridized carbons (Fsp3) is 0. The van der Waals surface area contributed by atoms with E-state index in [1.807, 2.05) is 0 Å². The highest BCUT2D eigenvalue weighted by Gasteiger charge is 2.28. The van der Waals surface area contributed by atoms with Gasteiger partial charge in [-0.25, -0.2) is 0 Å². The van der Waals surface area contributed by atoms with Crippen molar-refractivity contribution in [2.75, 3.05) is 5.73 Å². The van der Waals surface area contributed by atoms with Gasteiger partial charge in [0.25, 0.3) is 29.2 Å². The minimum absolute atomic E-state index is 0. The van der Waals surface area contributed by atoms with Crippen LogP contribution < -0.4 is 15.0 Å². The number of nitrogens with zero attached hydrogens (tertiary/aromatic N) is 2. The van der Waals surface area contributed by atoms with Gasteiger partial charge in [0.2, 0.25) is 0 Å². The number of aromatic nitrogens is 2. The summed E-state index contributed by atoms with van der Waals surface area (Å²) < 4.78 is 53.2. The first-order valence-electron chi connectivity index (χ1n) is 4.48. The van der Waals surface area contributed by atoms with Crippen molar-refractivity contribution >= 4 is 5.69 Å². The minimum Gasteiger partial charge on any atom is -1.00 e. The first kappa shape index (κ1) is 13.8. The largest absolute Gasteiger partial charge is 1.00 e. The van der Waals surface area contributed by atoms with Crippen LogP contribution in [-0.4, -0.2) is 4.98 Å². The molecule has 3 nitrogen and oxygen atoms in total. The highest BCUT2D eigenvalue weighted by molar-refractivity contribution is 5.33. The van der Waals surface area contributed by atoms with Crippen LogP contribution in [0.5, 0.6) is 0 Å². The topological polar surface area (TPSA) is 42.8 Å². The normalized spacial score (nSPS) is 10.0. The van der Waals surface area contributed by atoms with Crippen LogP contribution in [0.2, 0.25) is 0 Å². The summed E-state index contributed by atoms with van der Waals surface area (Å²) in [5, 5.41) is 0. The van der Waals surface area contributed by atoms with Gasteiger partial charge in [0.05, 0.1) is 0 Å². The van der Waals surface area contributed by atoms with Crippen LogP contribution in [0.1, 0.15) is 0 Å². The fourth-order valence-electron chi connectivity index (χ4n) is 1.29. The predicted octanol–water partition coefficient (Wildman–Crippen LogP) is -1.50. The molecule has 0 aliphatic carbocycles. The number of halogens is 5. The van der Waals surface area contributed by atoms with Crippen LogP contribution in [0.15, 0.2) is 24.5 Å². The number of rotatable bonds is 1. The van der Waals surface area contributed by atoms with Gasteiger partial charge in [0, 0.05) is 17.8 Å². The van der Waals surface area contributed by atoms with E-state index in [0.29, 0.717) is 5.69 Å². The molecule has 0 radical (unpaired) electrons. The summed E-state index contributed by atoms with van der Waals surface area (Å²) in [5.41, 5.74) is 4.84. The van der Waals surface area contributed by atoms with Crippen LogP contribution >= 0.6 is 0 Å². The molecule has 0 bridgehead atoms. The molecule has 0 unspecified atom stereocenters. The third-order valence-electron chi connectivity index (χ3n) is 2.09. The molecule has 0 saturated carbocycles. The SMILES string of the molecule is Nc1cc[n+](-c2c(F)c(F)nc(F)c2F)cc1.[F-]. The quantitative estimate of drug-likeness (QED) is 0.386. The average Bonchev–Trinajstić information content (AvgIpc) is 2.29. The van der Waals surface area contributed by atoms with Gasteiger partial charge in [0.15, 0.2) is 12.4 Å². The van der Waals surface area contributed by atoms with E-state index in [0.717, 1.165) is 4.57 Å². The summed E-state index contributed by atoms with van der Waals surface area (Å²) in [6.45, 7) is 0. The van der Waals surface area contributed by atoms with Gasteiger partial charge in [-0.15, -0.1) is 0 Å². The summed E-state index contributed by atoms with van der Waals surface area (Å²) in [6.07, 6.45) is 2.35. The van der Waals surface area contributed by atoms with E-state index in [9.17, 15) is 17.6 Å². The lowest BCUT2D eigenvalue weighted by Crippen LogP contribution is -3.00. The first-order chi connectivity index (χ1) is 8.00. The highest BCUT2D eigenvalue weighted by atomic mass is 19.2. The van der Waals surface area contributed by atoms with Crippen LogP contribution in [-0.2, 0) is 0 Å². The van der Waals surface area contributed by atoms with Crippen molar-refractivity contribution in [2.45, 2.75) is 0 Å². The lowest BCUT2D eigenvalue weighted by Gasteiger charge is -2.00. The highest BCUT2D eigenvalue weighted by Crippen LogP contribution is 2.16. The molecule has 0 fully saturated rings. The van der Waals surface area contributed by atoms with Gasteiger partial charge in [-0.1, -0.05) is 0 Å². The number of nitrogens with two attached hydrogens (primary N) is 1. The molecule has 2 heterocycles. The number of hydrogen-bond acceptors (Lipinski definition) is 2. The van der Waals surface area contributed by atoms with Gasteiger partial charge in [-0.3, -0.25) is 0 Å². The summed E-state index contributed by atoms with van der Waals surface area (Å²) in [7, 11) is 0. The van der Waals surface area contributed by atoms with Crippen molar-refractivity contribution in [2.24, 2.45) is 0 Å². The number of hydrogen-bond donors (Lipinski definition) is 1. The van der Waals surface area contributed by atoms with Gasteiger partial charge in [-0.2, -0.15) is 27.1 Å². The molecule has 0 aromatic carbocycles. The Kier molecular flexibility index (Phi) is 3.79. The molecule has 8 heteroatoms. The predicted molar refractivity (Wildman–Crippen MR) is 50.0 cm³/mol. The molecular weight excluding hydrogens is 257 g/mol. The molecule has 0 aliphatic rings. The van der Waals surface area contributed by atoms with Crippen molar-refractivity contribution in [1.29, 1.82) is 0 Å². The van der Waals surface area contributed by atoms with Crippen LogP contribution in [0, 0.1) is 23.5 Å². The van der Waals surface area contributed by atoms with Crippen LogP contribution in [0.25, 0.3) is 5.69 Å². The Morgan fingerprint density at radius 1 is 0.944 bits per heavy atom. The Morgan fingerprint density at radius 3 is 1.83 bits per heavy atom. The smallest absolute Gasteiger partial charge is 0.292 e.